The van der Waals surface area contributed by atoms with Crippen molar-refractivity contribution in [1.29, 1.82) is 0 Å². The topological polar surface area (TPSA) is 55.1 Å². The van der Waals surface area contributed by atoms with Crippen molar-refractivity contribution < 1.29 is 9.18 Å². The van der Waals surface area contributed by atoms with Crippen LogP contribution < -0.4 is 11.1 Å². The lowest BCUT2D eigenvalue weighted by molar-refractivity contribution is -0.121. The van der Waals surface area contributed by atoms with Gasteiger partial charge in [0, 0.05) is 17.1 Å². The number of halogens is 1. The molecule has 0 heterocycles. The molecule has 3 nitrogen and oxygen atoms in total. The third-order valence-corrected chi connectivity index (χ3v) is 4.75. The summed E-state index contributed by atoms with van der Waals surface area (Å²) >= 11 is 0. The highest BCUT2D eigenvalue weighted by Gasteiger charge is 2.55. The van der Waals surface area contributed by atoms with Gasteiger partial charge in [-0.3, -0.25) is 4.79 Å². The van der Waals surface area contributed by atoms with Crippen LogP contribution in [0.1, 0.15) is 26.2 Å². The SMILES string of the molecule is C[C@H](C(=O)Nc1ccc(F)cc1)C1CC2(N)CC1C2. The maximum atomic E-state index is 12.8. The summed E-state index contributed by atoms with van der Waals surface area (Å²) in [6.07, 6.45) is 3.08. The molecule has 3 saturated carbocycles. The number of rotatable bonds is 3. The molecule has 3 fully saturated rings. The fraction of sp³-hybridized carbons (Fsp3) is 0.533. The molecule has 19 heavy (non-hydrogen) atoms. The number of fused-ring (bicyclic) bond motifs is 1. The quantitative estimate of drug-likeness (QED) is 0.879. The second-order valence-electron chi connectivity index (χ2n) is 6.18. The molecular formula is C15H19FN2O. The molecule has 4 rings (SSSR count). The summed E-state index contributed by atoms with van der Waals surface area (Å²) in [5.41, 5.74) is 6.81. The van der Waals surface area contributed by atoms with Gasteiger partial charge in [0.1, 0.15) is 5.82 Å². The summed E-state index contributed by atoms with van der Waals surface area (Å²) in [5, 5.41) is 2.85. The van der Waals surface area contributed by atoms with Gasteiger partial charge < -0.3 is 11.1 Å². The Balaban J connectivity index is 1.63. The van der Waals surface area contributed by atoms with Crippen molar-refractivity contribution in [3.8, 4) is 0 Å². The number of amides is 1. The highest BCUT2D eigenvalue weighted by molar-refractivity contribution is 5.92. The number of nitrogens with one attached hydrogen (secondary N) is 1. The molecule has 0 saturated heterocycles. The molecule has 1 unspecified atom stereocenters. The smallest absolute Gasteiger partial charge is 0.227 e. The molecule has 1 aromatic rings. The second-order valence-corrected chi connectivity index (χ2v) is 6.18. The maximum absolute atomic E-state index is 12.8. The normalized spacial score (nSPS) is 33.6. The van der Waals surface area contributed by atoms with E-state index >= 15 is 0 Å². The molecule has 2 bridgehead atoms. The molecule has 1 aromatic carbocycles. The van der Waals surface area contributed by atoms with Crippen molar-refractivity contribution in [3.05, 3.63) is 30.1 Å². The predicted molar refractivity (Wildman–Crippen MR) is 71.9 cm³/mol. The first-order valence-corrected chi connectivity index (χ1v) is 6.82. The Morgan fingerprint density at radius 1 is 1.37 bits per heavy atom. The van der Waals surface area contributed by atoms with Crippen molar-refractivity contribution in [3.63, 3.8) is 0 Å². The monoisotopic (exact) mass is 262 g/mol. The fourth-order valence-corrected chi connectivity index (χ4v) is 3.66. The lowest BCUT2D eigenvalue weighted by atomic mass is 9.75. The van der Waals surface area contributed by atoms with Gasteiger partial charge in [-0.25, -0.2) is 4.39 Å². The lowest BCUT2D eigenvalue weighted by Crippen LogP contribution is -2.44. The van der Waals surface area contributed by atoms with Crippen LogP contribution >= 0.6 is 0 Å². The molecule has 0 aliphatic heterocycles. The van der Waals surface area contributed by atoms with E-state index in [2.05, 4.69) is 5.32 Å². The van der Waals surface area contributed by atoms with E-state index in [0.29, 0.717) is 17.5 Å². The van der Waals surface area contributed by atoms with Crippen LogP contribution in [0.5, 0.6) is 0 Å². The Morgan fingerprint density at radius 3 is 2.53 bits per heavy atom. The summed E-state index contributed by atoms with van der Waals surface area (Å²) in [6, 6.07) is 5.86. The fourth-order valence-electron chi connectivity index (χ4n) is 3.66. The second kappa shape index (κ2) is 4.30. The molecule has 4 heteroatoms. The number of nitrogens with two attached hydrogens (primary N) is 1. The molecule has 2 atom stereocenters. The summed E-state index contributed by atoms with van der Waals surface area (Å²) in [4.78, 5) is 12.2. The molecule has 0 radical (unpaired) electrons. The van der Waals surface area contributed by atoms with E-state index in [4.69, 9.17) is 5.73 Å². The van der Waals surface area contributed by atoms with Crippen LogP contribution in [0, 0.1) is 23.6 Å². The van der Waals surface area contributed by atoms with Gasteiger partial charge >= 0.3 is 0 Å². The minimum absolute atomic E-state index is 0.000249. The third kappa shape index (κ3) is 2.25. The first-order valence-electron chi connectivity index (χ1n) is 6.82. The highest BCUT2D eigenvalue weighted by Crippen LogP contribution is 2.56. The summed E-state index contributed by atoms with van der Waals surface area (Å²) in [7, 11) is 0. The van der Waals surface area contributed by atoms with Crippen molar-refractivity contribution in [2.45, 2.75) is 31.7 Å². The Labute approximate surface area is 112 Å². The van der Waals surface area contributed by atoms with Crippen LogP contribution in [0.3, 0.4) is 0 Å². The van der Waals surface area contributed by atoms with Gasteiger partial charge in [-0.05, 0) is 55.4 Å². The molecular weight excluding hydrogens is 243 g/mol. The molecule has 102 valence electrons. The van der Waals surface area contributed by atoms with Gasteiger partial charge in [-0.1, -0.05) is 6.92 Å². The Morgan fingerprint density at radius 2 is 2.00 bits per heavy atom. The van der Waals surface area contributed by atoms with E-state index in [1.54, 1.807) is 12.1 Å². The first kappa shape index (κ1) is 12.6. The van der Waals surface area contributed by atoms with E-state index in [1.807, 2.05) is 6.92 Å². The van der Waals surface area contributed by atoms with E-state index < -0.39 is 0 Å². The van der Waals surface area contributed by atoms with Gasteiger partial charge in [-0.2, -0.15) is 0 Å². The van der Waals surface area contributed by atoms with Crippen molar-refractivity contribution in [2.24, 2.45) is 23.5 Å². The van der Waals surface area contributed by atoms with E-state index in [9.17, 15) is 9.18 Å². The molecule has 3 aliphatic carbocycles. The standard InChI is InChI=1S/C15H19FN2O/c1-9(13-8-15(17)6-10(13)7-15)14(19)18-12-4-2-11(16)3-5-12/h2-5,9-10,13H,6-8,17H2,1H3,(H,18,19)/t9-,10?,13?,15?/m0/s1. The first-order chi connectivity index (χ1) is 8.97. The minimum Gasteiger partial charge on any atom is -0.326 e. The molecule has 1 amide bonds. The lowest BCUT2D eigenvalue weighted by Gasteiger charge is -2.35. The summed E-state index contributed by atoms with van der Waals surface area (Å²) < 4.78 is 12.8. The number of carbonyl (C=O) groups excluding carboxylic acids is 1. The predicted octanol–water partition coefficient (Wildman–Crippen LogP) is 2.53. The number of hydrogen-bond acceptors (Lipinski definition) is 2. The average Bonchev–Trinajstić information content (AvgIpc) is 2.84. The number of benzene rings is 1. The summed E-state index contributed by atoms with van der Waals surface area (Å²) in [6.45, 7) is 1.97. The van der Waals surface area contributed by atoms with Crippen LogP contribution in [0.25, 0.3) is 0 Å². The van der Waals surface area contributed by atoms with Crippen molar-refractivity contribution >= 4 is 11.6 Å². The molecule has 3 aliphatic rings. The van der Waals surface area contributed by atoms with Crippen LogP contribution in [-0.4, -0.2) is 11.4 Å². The zero-order chi connectivity index (χ0) is 13.6. The molecule has 3 N–H and O–H groups in total. The van der Waals surface area contributed by atoms with E-state index in [1.165, 1.54) is 12.1 Å². The van der Waals surface area contributed by atoms with Crippen LogP contribution in [0.2, 0.25) is 0 Å². The number of anilines is 1. The maximum Gasteiger partial charge on any atom is 0.227 e. The van der Waals surface area contributed by atoms with Gasteiger partial charge in [0.2, 0.25) is 5.91 Å². The van der Waals surface area contributed by atoms with Gasteiger partial charge in [0.15, 0.2) is 0 Å². The number of hydrogen-bond donors (Lipinski definition) is 2. The van der Waals surface area contributed by atoms with Gasteiger partial charge in [-0.15, -0.1) is 0 Å². The highest BCUT2D eigenvalue weighted by atomic mass is 19.1. The van der Waals surface area contributed by atoms with E-state index in [-0.39, 0.29) is 23.2 Å². The summed E-state index contributed by atoms with van der Waals surface area (Å²) in [5.74, 6) is 0.674. The van der Waals surface area contributed by atoms with Crippen molar-refractivity contribution in [2.75, 3.05) is 5.32 Å². The van der Waals surface area contributed by atoms with Crippen LogP contribution in [0.4, 0.5) is 10.1 Å². The van der Waals surface area contributed by atoms with Gasteiger partial charge in [0.05, 0.1) is 0 Å². The van der Waals surface area contributed by atoms with Crippen LogP contribution in [0.15, 0.2) is 24.3 Å². The Bertz CT molecular complexity index is 493. The van der Waals surface area contributed by atoms with Gasteiger partial charge in [0.25, 0.3) is 0 Å². The Kier molecular flexibility index (Phi) is 2.86. The van der Waals surface area contributed by atoms with Crippen LogP contribution in [-0.2, 0) is 4.79 Å². The Hall–Kier alpha value is -1.42. The molecule has 0 spiro atoms. The zero-order valence-corrected chi connectivity index (χ0v) is 11.0. The number of carbonyl (C=O) groups is 1. The largest absolute Gasteiger partial charge is 0.326 e. The zero-order valence-electron chi connectivity index (χ0n) is 11.0. The minimum atomic E-state index is -0.298. The van der Waals surface area contributed by atoms with Crippen molar-refractivity contribution in [1.82, 2.24) is 0 Å². The van der Waals surface area contributed by atoms with E-state index in [0.717, 1.165) is 19.3 Å². The average molecular weight is 262 g/mol. The molecule has 0 aromatic heterocycles. The third-order valence-electron chi connectivity index (χ3n) is 4.75.